The highest BCUT2D eigenvalue weighted by molar-refractivity contribution is 5.97. The van der Waals surface area contributed by atoms with Gasteiger partial charge in [-0.2, -0.15) is 0 Å². The number of aliphatic hydroxyl groups is 1. The molecular weight excluding hydrogens is 490 g/mol. The number of benzene rings is 3. The fourth-order valence-electron chi connectivity index (χ4n) is 4.40. The highest BCUT2D eigenvalue weighted by atomic mass is 19.1. The summed E-state index contributed by atoms with van der Waals surface area (Å²) >= 11 is 0. The van der Waals surface area contributed by atoms with E-state index in [-0.39, 0.29) is 34.9 Å². The molecular formula is C30H30F2N2O4. The van der Waals surface area contributed by atoms with Crippen molar-refractivity contribution in [1.82, 2.24) is 10.6 Å². The Morgan fingerprint density at radius 3 is 2.45 bits per heavy atom. The van der Waals surface area contributed by atoms with E-state index in [9.17, 15) is 23.5 Å². The maximum atomic E-state index is 13.8. The van der Waals surface area contributed by atoms with Crippen LogP contribution in [0.2, 0.25) is 0 Å². The minimum absolute atomic E-state index is 0.0104. The van der Waals surface area contributed by atoms with Gasteiger partial charge in [0.2, 0.25) is 0 Å². The highest BCUT2D eigenvalue weighted by Crippen LogP contribution is 2.16. The maximum absolute atomic E-state index is 13.8. The number of aryl methyl sites for hydroxylation is 2. The second-order valence-electron chi connectivity index (χ2n) is 9.37. The van der Waals surface area contributed by atoms with E-state index in [1.165, 1.54) is 42.0 Å². The van der Waals surface area contributed by atoms with Crippen LogP contribution in [0.3, 0.4) is 0 Å². The van der Waals surface area contributed by atoms with Crippen molar-refractivity contribution in [3.05, 3.63) is 117 Å². The van der Waals surface area contributed by atoms with Gasteiger partial charge in [0.1, 0.15) is 23.0 Å². The lowest BCUT2D eigenvalue weighted by molar-refractivity contribution is 0.0830. The molecule has 0 aliphatic heterocycles. The summed E-state index contributed by atoms with van der Waals surface area (Å²) in [4.78, 5) is 25.5. The van der Waals surface area contributed by atoms with E-state index >= 15 is 0 Å². The zero-order chi connectivity index (χ0) is 27.2. The van der Waals surface area contributed by atoms with Gasteiger partial charge in [0, 0.05) is 30.8 Å². The Morgan fingerprint density at radius 1 is 0.974 bits per heavy atom. The zero-order valence-corrected chi connectivity index (χ0v) is 21.3. The molecule has 2 atom stereocenters. The molecule has 0 aliphatic carbocycles. The molecule has 38 heavy (non-hydrogen) atoms. The van der Waals surface area contributed by atoms with Crippen molar-refractivity contribution in [2.24, 2.45) is 0 Å². The molecule has 0 radical (unpaired) electrons. The van der Waals surface area contributed by atoms with Gasteiger partial charge in [-0.15, -0.1) is 0 Å². The maximum Gasteiger partial charge on any atom is 0.251 e. The van der Waals surface area contributed by atoms with Crippen molar-refractivity contribution in [2.45, 2.75) is 45.4 Å². The molecule has 0 aliphatic rings. The average molecular weight is 521 g/mol. The topological polar surface area (TPSA) is 91.6 Å². The number of carbonyl (C=O) groups is 1. The molecule has 4 rings (SSSR count). The number of halogens is 2. The molecule has 1 amide bonds. The van der Waals surface area contributed by atoms with Gasteiger partial charge in [0.25, 0.3) is 5.91 Å². The summed E-state index contributed by atoms with van der Waals surface area (Å²) in [6, 6.07) is 16.1. The van der Waals surface area contributed by atoms with Gasteiger partial charge in [-0.25, -0.2) is 8.78 Å². The van der Waals surface area contributed by atoms with Gasteiger partial charge in [-0.1, -0.05) is 31.2 Å². The first-order chi connectivity index (χ1) is 18.2. The third-order valence-electron chi connectivity index (χ3n) is 6.35. The number of fused-ring (bicyclic) bond motifs is 1. The monoisotopic (exact) mass is 520 g/mol. The quantitative estimate of drug-likeness (QED) is 0.288. The standard InChI is InChI=1S/C30H30F2N2O4/c1-3-19-5-4-6-20(10-19)16-33-17-28(36)26(13-21-11-23(31)15-24(32)12-21)34-30(37)22-7-8-29-25(14-22)27(35)9-18(2)38-29/h4-12,14-15,26,28,33,36H,3,13,16-17H2,1-2H3,(H,34,37)/t26-,28+/m0/s1. The highest BCUT2D eigenvalue weighted by Gasteiger charge is 2.23. The first-order valence-corrected chi connectivity index (χ1v) is 12.5. The predicted octanol–water partition coefficient (Wildman–Crippen LogP) is 4.43. The molecule has 198 valence electrons. The lowest BCUT2D eigenvalue weighted by Gasteiger charge is -2.25. The SMILES string of the molecule is CCc1cccc(CNC[C@@H](O)[C@H](Cc2cc(F)cc(F)c2)NC(=O)c2ccc3oc(C)cc(=O)c3c2)c1. The smallest absolute Gasteiger partial charge is 0.251 e. The molecule has 0 saturated carbocycles. The minimum Gasteiger partial charge on any atom is -0.461 e. The van der Waals surface area contributed by atoms with Crippen molar-refractivity contribution in [2.75, 3.05) is 6.54 Å². The Morgan fingerprint density at radius 2 is 1.71 bits per heavy atom. The number of aliphatic hydroxyl groups excluding tert-OH is 1. The summed E-state index contributed by atoms with van der Waals surface area (Å²) in [5.74, 6) is -1.57. The first kappa shape index (κ1) is 27.2. The largest absolute Gasteiger partial charge is 0.461 e. The Kier molecular flexibility index (Phi) is 8.66. The van der Waals surface area contributed by atoms with Crippen LogP contribution in [0.4, 0.5) is 8.78 Å². The molecule has 0 bridgehead atoms. The second kappa shape index (κ2) is 12.1. The molecule has 4 aromatic rings. The van der Waals surface area contributed by atoms with Gasteiger partial charge in [-0.3, -0.25) is 9.59 Å². The van der Waals surface area contributed by atoms with Crippen molar-refractivity contribution in [3.63, 3.8) is 0 Å². The van der Waals surface area contributed by atoms with Crippen molar-refractivity contribution < 1.29 is 23.1 Å². The summed E-state index contributed by atoms with van der Waals surface area (Å²) in [6.45, 7) is 4.36. The summed E-state index contributed by atoms with van der Waals surface area (Å²) in [5.41, 5.74) is 2.81. The number of amides is 1. The van der Waals surface area contributed by atoms with E-state index in [0.717, 1.165) is 18.1 Å². The number of rotatable bonds is 10. The van der Waals surface area contributed by atoms with Crippen LogP contribution in [-0.4, -0.2) is 29.7 Å². The third kappa shape index (κ3) is 6.90. The van der Waals surface area contributed by atoms with Crippen LogP contribution >= 0.6 is 0 Å². The van der Waals surface area contributed by atoms with Gasteiger partial charge < -0.3 is 20.2 Å². The first-order valence-electron chi connectivity index (χ1n) is 12.5. The Balaban J connectivity index is 1.52. The van der Waals surface area contributed by atoms with Crippen LogP contribution in [0, 0.1) is 18.6 Å². The molecule has 8 heteroatoms. The van der Waals surface area contributed by atoms with Gasteiger partial charge in [-0.05, 0) is 66.8 Å². The predicted molar refractivity (Wildman–Crippen MR) is 142 cm³/mol. The fourth-order valence-corrected chi connectivity index (χ4v) is 4.40. The Hall–Kier alpha value is -3.88. The average Bonchev–Trinajstić information content (AvgIpc) is 2.87. The third-order valence-corrected chi connectivity index (χ3v) is 6.35. The van der Waals surface area contributed by atoms with E-state index in [2.05, 4.69) is 23.6 Å². The Labute approximate surface area is 219 Å². The summed E-state index contributed by atoms with van der Waals surface area (Å²) < 4.78 is 33.2. The Bertz CT molecular complexity index is 1480. The van der Waals surface area contributed by atoms with E-state index in [4.69, 9.17) is 4.42 Å². The molecule has 0 spiro atoms. The van der Waals surface area contributed by atoms with Crippen LogP contribution in [0.15, 0.2) is 75.9 Å². The molecule has 6 nitrogen and oxygen atoms in total. The normalized spacial score (nSPS) is 12.9. The zero-order valence-electron chi connectivity index (χ0n) is 21.3. The molecule has 1 heterocycles. The van der Waals surface area contributed by atoms with Gasteiger partial charge in [0.15, 0.2) is 5.43 Å². The molecule has 3 N–H and O–H groups in total. The fraction of sp³-hybridized carbons (Fsp3) is 0.267. The van der Waals surface area contributed by atoms with Crippen LogP contribution in [-0.2, 0) is 19.4 Å². The number of nitrogens with one attached hydrogen (secondary N) is 2. The molecule has 1 aromatic heterocycles. The second-order valence-corrected chi connectivity index (χ2v) is 9.37. The number of carbonyl (C=O) groups excluding carboxylic acids is 1. The van der Waals surface area contributed by atoms with E-state index in [1.54, 1.807) is 6.92 Å². The van der Waals surface area contributed by atoms with Crippen LogP contribution in [0.5, 0.6) is 0 Å². The summed E-state index contributed by atoms with van der Waals surface area (Å²) in [7, 11) is 0. The van der Waals surface area contributed by atoms with Gasteiger partial charge >= 0.3 is 0 Å². The van der Waals surface area contributed by atoms with E-state index in [0.29, 0.717) is 17.9 Å². The van der Waals surface area contributed by atoms with E-state index in [1.807, 2.05) is 18.2 Å². The molecule has 0 fully saturated rings. The molecule has 0 saturated heterocycles. The summed E-state index contributed by atoms with van der Waals surface area (Å²) in [5, 5.41) is 17.2. The number of hydrogen-bond acceptors (Lipinski definition) is 5. The van der Waals surface area contributed by atoms with Crippen LogP contribution < -0.4 is 16.1 Å². The lowest BCUT2D eigenvalue weighted by Crippen LogP contribution is -2.48. The molecule has 3 aromatic carbocycles. The minimum atomic E-state index is -1.08. The van der Waals surface area contributed by atoms with Crippen LogP contribution in [0.1, 0.15) is 39.7 Å². The molecule has 0 unspecified atom stereocenters. The van der Waals surface area contributed by atoms with Crippen molar-refractivity contribution in [3.8, 4) is 0 Å². The van der Waals surface area contributed by atoms with E-state index < -0.39 is 29.7 Å². The number of hydrogen-bond donors (Lipinski definition) is 3. The van der Waals surface area contributed by atoms with Gasteiger partial charge in [0.05, 0.1) is 17.5 Å². The van der Waals surface area contributed by atoms with Crippen molar-refractivity contribution >= 4 is 16.9 Å². The van der Waals surface area contributed by atoms with Crippen molar-refractivity contribution in [1.29, 1.82) is 0 Å². The lowest BCUT2D eigenvalue weighted by atomic mass is 9.99. The van der Waals surface area contributed by atoms with Crippen LogP contribution in [0.25, 0.3) is 11.0 Å². The summed E-state index contributed by atoms with van der Waals surface area (Å²) in [6.07, 6.45) is -0.179.